The molecule has 17 heavy (non-hydrogen) atoms. The Morgan fingerprint density at radius 2 is 2.53 bits per heavy atom. The second-order valence-corrected chi connectivity index (χ2v) is 4.57. The Labute approximate surface area is 105 Å². The number of halogens is 1. The van der Waals surface area contributed by atoms with Crippen LogP contribution < -0.4 is 5.32 Å². The lowest BCUT2D eigenvalue weighted by atomic mass is 10.1. The molecule has 2 unspecified atom stereocenters. The molecule has 0 aromatic carbocycles. The number of amides is 1. The number of nitrogens with one attached hydrogen (secondary N) is 1. The van der Waals surface area contributed by atoms with Crippen LogP contribution in [0.1, 0.15) is 30.1 Å². The van der Waals surface area contributed by atoms with Crippen LogP contribution in [0.5, 0.6) is 0 Å². The molecule has 0 spiro atoms. The van der Waals surface area contributed by atoms with E-state index in [1.165, 1.54) is 6.20 Å². The molecule has 1 amide bonds. The minimum absolute atomic E-state index is 0.0111. The number of hydrogen-bond acceptors (Lipinski definition) is 3. The van der Waals surface area contributed by atoms with Crippen LogP contribution in [0.3, 0.4) is 0 Å². The first-order chi connectivity index (χ1) is 8.16. The molecule has 0 bridgehead atoms. The summed E-state index contributed by atoms with van der Waals surface area (Å²) in [6, 6.07) is 3.21. The van der Waals surface area contributed by atoms with E-state index in [1.54, 1.807) is 12.1 Å². The largest absolute Gasteiger partial charge is 0.376 e. The van der Waals surface area contributed by atoms with E-state index in [-0.39, 0.29) is 18.1 Å². The molecule has 0 radical (unpaired) electrons. The highest BCUT2D eigenvalue weighted by Gasteiger charge is 2.23. The SMILES string of the molecule is CC(NC(=O)c1ccnc(Cl)c1)C1CCCO1. The maximum atomic E-state index is 11.9. The molecule has 4 nitrogen and oxygen atoms in total. The molecule has 1 aliphatic rings. The van der Waals surface area contributed by atoms with E-state index in [0.717, 1.165) is 19.4 Å². The van der Waals surface area contributed by atoms with Crippen LogP contribution in [0.4, 0.5) is 0 Å². The zero-order valence-corrected chi connectivity index (χ0v) is 10.4. The molecule has 2 heterocycles. The molecule has 0 saturated carbocycles. The summed E-state index contributed by atoms with van der Waals surface area (Å²) in [4.78, 5) is 15.8. The quantitative estimate of drug-likeness (QED) is 0.840. The molecular formula is C12H15ClN2O2. The van der Waals surface area contributed by atoms with Crippen molar-refractivity contribution < 1.29 is 9.53 Å². The molecule has 0 aliphatic carbocycles. The van der Waals surface area contributed by atoms with E-state index in [9.17, 15) is 4.79 Å². The topological polar surface area (TPSA) is 51.2 Å². The van der Waals surface area contributed by atoms with Gasteiger partial charge in [-0.1, -0.05) is 11.6 Å². The summed E-state index contributed by atoms with van der Waals surface area (Å²) in [6.07, 6.45) is 3.70. The monoisotopic (exact) mass is 254 g/mol. The summed E-state index contributed by atoms with van der Waals surface area (Å²) in [7, 11) is 0. The molecular weight excluding hydrogens is 240 g/mol. The number of rotatable bonds is 3. The minimum atomic E-state index is -0.141. The summed E-state index contributed by atoms with van der Waals surface area (Å²) in [6.45, 7) is 2.74. The second kappa shape index (κ2) is 5.47. The van der Waals surface area contributed by atoms with Crippen LogP contribution in [-0.4, -0.2) is 29.6 Å². The van der Waals surface area contributed by atoms with Crippen LogP contribution in [0, 0.1) is 0 Å². The third-order valence-corrected chi connectivity index (χ3v) is 3.08. The summed E-state index contributed by atoms with van der Waals surface area (Å²) in [5, 5.41) is 3.24. The van der Waals surface area contributed by atoms with Crippen molar-refractivity contribution in [3.05, 3.63) is 29.0 Å². The number of pyridine rings is 1. The van der Waals surface area contributed by atoms with Crippen molar-refractivity contribution in [3.8, 4) is 0 Å². The van der Waals surface area contributed by atoms with Gasteiger partial charge in [-0.2, -0.15) is 0 Å². The molecule has 2 atom stereocenters. The van der Waals surface area contributed by atoms with Crippen LogP contribution >= 0.6 is 11.6 Å². The van der Waals surface area contributed by atoms with Gasteiger partial charge in [-0.3, -0.25) is 4.79 Å². The predicted molar refractivity (Wildman–Crippen MR) is 65.1 cm³/mol. The molecule has 1 N–H and O–H groups in total. The van der Waals surface area contributed by atoms with Gasteiger partial charge in [0.25, 0.3) is 5.91 Å². The summed E-state index contributed by atoms with van der Waals surface area (Å²) in [5.74, 6) is -0.141. The standard InChI is InChI=1S/C12H15ClN2O2/c1-8(10-3-2-6-17-10)15-12(16)9-4-5-14-11(13)7-9/h4-5,7-8,10H,2-3,6H2,1H3,(H,15,16). The van der Waals surface area contributed by atoms with Crippen LogP contribution in [0.15, 0.2) is 18.3 Å². The lowest BCUT2D eigenvalue weighted by Crippen LogP contribution is -2.40. The van der Waals surface area contributed by atoms with Gasteiger partial charge in [-0.25, -0.2) is 4.98 Å². The average molecular weight is 255 g/mol. The zero-order chi connectivity index (χ0) is 12.3. The van der Waals surface area contributed by atoms with E-state index >= 15 is 0 Å². The molecule has 1 fully saturated rings. The fourth-order valence-corrected chi connectivity index (χ4v) is 2.10. The Kier molecular flexibility index (Phi) is 3.97. The van der Waals surface area contributed by atoms with E-state index < -0.39 is 0 Å². The number of carbonyl (C=O) groups is 1. The molecule has 1 aliphatic heterocycles. The zero-order valence-electron chi connectivity index (χ0n) is 9.65. The number of hydrogen-bond donors (Lipinski definition) is 1. The Balaban J connectivity index is 1.96. The molecule has 92 valence electrons. The highest BCUT2D eigenvalue weighted by atomic mass is 35.5. The molecule has 1 aromatic heterocycles. The number of carbonyl (C=O) groups excluding carboxylic acids is 1. The van der Waals surface area contributed by atoms with E-state index in [2.05, 4.69) is 10.3 Å². The van der Waals surface area contributed by atoms with Crippen molar-refractivity contribution in [2.45, 2.75) is 31.9 Å². The van der Waals surface area contributed by atoms with Crippen LogP contribution in [-0.2, 0) is 4.74 Å². The first kappa shape index (κ1) is 12.3. The highest BCUT2D eigenvalue weighted by Crippen LogP contribution is 2.16. The third kappa shape index (κ3) is 3.17. The summed E-state index contributed by atoms with van der Waals surface area (Å²) >= 11 is 5.74. The summed E-state index contributed by atoms with van der Waals surface area (Å²) < 4.78 is 5.52. The average Bonchev–Trinajstić information content (AvgIpc) is 2.82. The molecule has 5 heteroatoms. The van der Waals surface area contributed by atoms with Crippen molar-refractivity contribution in [3.63, 3.8) is 0 Å². The number of aromatic nitrogens is 1. The number of nitrogens with zero attached hydrogens (tertiary/aromatic N) is 1. The van der Waals surface area contributed by atoms with Gasteiger partial charge in [0.1, 0.15) is 5.15 Å². The van der Waals surface area contributed by atoms with Crippen molar-refractivity contribution in [2.24, 2.45) is 0 Å². The van der Waals surface area contributed by atoms with Gasteiger partial charge < -0.3 is 10.1 Å². The van der Waals surface area contributed by atoms with E-state index in [4.69, 9.17) is 16.3 Å². The van der Waals surface area contributed by atoms with E-state index in [0.29, 0.717) is 10.7 Å². The van der Waals surface area contributed by atoms with Crippen LogP contribution in [0.25, 0.3) is 0 Å². The minimum Gasteiger partial charge on any atom is -0.376 e. The lowest BCUT2D eigenvalue weighted by molar-refractivity contribution is 0.0712. The van der Waals surface area contributed by atoms with Crippen LogP contribution in [0.2, 0.25) is 5.15 Å². The molecule has 1 saturated heterocycles. The molecule has 1 aromatic rings. The van der Waals surface area contributed by atoms with E-state index in [1.807, 2.05) is 6.92 Å². The normalized spacial score (nSPS) is 21.2. The van der Waals surface area contributed by atoms with Gasteiger partial charge in [-0.15, -0.1) is 0 Å². The lowest BCUT2D eigenvalue weighted by Gasteiger charge is -2.19. The van der Waals surface area contributed by atoms with Crippen molar-refractivity contribution in [2.75, 3.05) is 6.61 Å². The Bertz CT molecular complexity index is 405. The number of ether oxygens (including phenoxy) is 1. The van der Waals surface area contributed by atoms with Gasteiger partial charge in [0, 0.05) is 18.4 Å². The Morgan fingerprint density at radius 3 is 3.18 bits per heavy atom. The Morgan fingerprint density at radius 1 is 1.71 bits per heavy atom. The van der Waals surface area contributed by atoms with Gasteiger partial charge in [-0.05, 0) is 31.9 Å². The van der Waals surface area contributed by atoms with Gasteiger partial charge in [0.2, 0.25) is 0 Å². The Hall–Kier alpha value is -1.13. The fourth-order valence-electron chi connectivity index (χ4n) is 1.92. The smallest absolute Gasteiger partial charge is 0.251 e. The van der Waals surface area contributed by atoms with Gasteiger partial charge in [0.05, 0.1) is 12.1 Å². The van der Waals surface area contributed by atoms with Crippen molar-refractivity contribution >= 4 is 17.5 Å². The first-order valence-electron chi connectivity index (χ1n) is 5.71. The van der Waals surface area contributed by atoms with Gasteiger partial charge in [0.15, 0.2) is 0 Å². The first-order valence-corrected chi connectivity index (χ1v) is 6.08. The van der Waals surface area contributed by atoms with Crippen molar-refractivity contribution in [1.29, 1.82) is 0 Å². The fraction of sp³-hybridized carbons (Fsp3) is 0.500. The van der Waals surface area contributed by atoms with Gasteiger partial charge >= 0.3 is 0 Å². The predicted octanol–water partition coefficient (Wildman–Crippen LogP) is 2.03. The maximum absolute atomic E-state index is 11.9. The van der Waals surface area contributed by atoms with Crippen molar-refractivity contribution in [1.82, 2.24) is 10.3 Å². The molecule has 2 rings (SSSR count). The highest BCUT2D eigenvalue weighted by molar-refractivity contribution is 6.29. The second-order valence-electron chi connectivity index (χ2n) is 4.18. The summed E-state index contributed by atoms with van der Waals surface area (Å²) in [5.41, 5.74) is 0.523. The third-order valence-electron chi connectivity index (χ3n) is 2.87. The maximum Gasteiger partial charge on any atom is 0.251 e.